The average Bonchev–Trinajstić information content (AvgIpc) is 3.03. The van der Waals surface area contributed by atoms with Gasteiger partial charge in [0.15, 0.2) is 0 Å². The van der Waals surface area contributed by atoms with E-state index >= 15 is 0 Å². The minimum Gasteiger partial charge on any atom is -0.466 e. The number of anilines is 1. The van der Waals surface area contributed by atoms with Crippen LogP contribution in [0.3, 0.4) is 0 Å². The Kier molecular flexibility index (Phi) is 4.03. The summed E-state index contributed by atoms with van der Waals surface area (Å²) in [5.74, 6) is -3.09. The third kappa shape index (κ3) is 2.05. The van der Waals surface area contributed by atoms with Gasteiger partial charge in [0.2, 0.25) is 5.54 Å². The number of carbonyl (C=O) groups excluding carboxylic acids is 2. The molecule has 0 fully saturated rings. The Balaban J connectivity index is 2.22. The molecule has 1 aromatic rings. The van der Waals surface area contributed by atoms with Crippen LogP contribution in [0.5, 0.6) is 0 Å². The Bertz CT molecular complexity index is 743. The summed E-state index contributed by atoms with van der Waals surface area (Å²) in [5.41, 5.74) is -1.23. The van der Waals surface area contributed by atoms with Crippen LogP contribution in [0.1, 0.15) is 12.5 Å². The first kappa shape index (κ1) is 16.8. The zero-order valence-corrected chi connectivity index (χ0v) is 13.6. The predicted molar refractivity (Wildman–Crippen MR) is 81.3 cm³/mol. The molecule has 0 bridgehead atoms. The number of azo groups is 1. The number of benzene rings is 1. The van der Waals surface area contributed by atoms with E-state index in [2.05, 4.69) is 10.2 Å². The van der Waals surface area contributed by atoms with Gasteiger partial charge in [-0.05, 0) is 13.0 Å². The molecule has 0 saturated heterocycles. The molecule has 6 nitrogen and oxygen atoms in total. The monoisotopic (exact) mass is 357 g/mol. The number of esters is 1. The Morgan fingerprint density at radius 1 is 1.50 bits per heavy atom. The van der Waals surface area contributed by atoms with Crippen molar-refractivity contribution >= 4 is 29.2 Å². The van der Waals surface area contributed by atoms with E-state index in [1.165, 1.54) is 11.9 Å². The van der Waals surface area contributed by atoms with Crippen molar-refractivity contribution in [3.63, 3.8) is 0 Å². The van der Waals surface area contributed by atoms with Gasteiger partial charge in [0, 0.05) is 12.6 Å². The molecule has 2 heterocycles. The first-order valence-electron chi connectivity index (χ1n) is 7.30. The summed E-state index contributed by atoms with van der Waals surface area (Å²) in [6.07, 6.45) is -2.95. The fourth-order valence-corrected chi connectivity index (χ4v) is 3.61. The van der Waals surface area contributed by atoms with Crippen LogP contribution in [0.15, 0.2) is 28.4 Å². The highest BCUT2D eigenvalue weighted by Gasteiger charge is 2.66. The van der Waals surface area contributed by atoms with E-state index in [9.17, 15) is 18.4 Å². The van der Waals surface area contributed by atoms with Gasteiger partial charge < -0.3 is 9.64 Å². The molecule has 0 N–H and O–H groups in total. The molecule has 3 atom stereocenters. The molecule has 2 aliphatic rings. The van der Waals surface area contributed by atoms with Crippen molar-refractivity contribution in [2.75, 3.05) is 18.6 Å². The molecule has 24 heavy (non-hydrogen) atoms. The van der Waals surface area contributed by atoms with Crippen molar-refractivity contribution in [2.45, 2.75) is 24.9 Å². The van der Waals surface area contributed by atoms with Gasteiger partial charge in [-0.15, -0.1) is 0 Å². The number of likely N-dealkylation sites (N-methyl/N-ethyl adjacent to an activating group) is 1. The van der Waals surface area contributed by atoms with Gasteiger partial charge in [-0.3, -0.25) is 9.59 Å². The number of alkyl halides is 2. The Labute approximate surface area is 141 Å². The SMILES string of the molecule is CCOC(=O)C1C(C(F)F)N=NC12C(=O)N(C)c1c(Cl)cccc12. The number of halogens is 3. The van der Waals surface area contributed by atoms with Crippen LogP contribution < -0.4 is 4.90 Å². The Hall–Kier alpha value is -2.09. The molecule has 3 rings (SSSR count). The molecular weight excluding hydrogens is 344 g/mol. The second kappa shape index (κ2) is 5.77. The number of amides is 1. The quantitative estimate of drug-likeness (QED) is 0.781. The lowest BCUT2D eigenvalue weighted by Crippen LogP contribution is -2.49. The highest BCUT2D eigenvalue weighted by Crippen LogP contribution is 2.54. The zero-order chi connectivity index (χ0) is 17.6. The van der Waals surface area contributed by atoms with Crippen molar-refractivity contribution in [2.24, 2.45) is 16.1 Å². The maximum absolute atomic E-state index is 13.4. The number of para-hydroxylation sites is 1. The highest BCUT2D eigenvalue weighted by molar-refractivity contribution is 6.35. The van der Waals surface area contributed by atoms with Crippen LogP contribution in [-0.4, -0.2) is 38.0 Å². The van der Waals surface area contributed by atoms with Gasteiger partial charge in [0.25, 0.3) is 12.3 Å². The van der Waals surface area contributed by atoms with E-state index in [1.54, 1.807) is 25.1 Å². The van der Waals surface area contributed by atoms with Crippen LogP contribution >= 0.6 is 11.6 Å². The number of nitrogens with zero attached hydrogens (tertiary/aromatic N) is 3. The van der Waals surface area contributed by atoms with E-state index in [0.29, 0.717) is 5.69 Å². The lowest BCUT2D eigenvalue weighted by Gasteiger charge is -2.27. The molecule has 9 heteroatoms. The summed E-state index contributed by atoms with van der Waals surface area (Å²) in [6, 6.07) is 2.94. The van der Waals surface area contributed by atoms with Gasteiger partial charge in [-0.1, -0.05) is 23.7 Å². The summed E-state index contributed by atoms with van der Waals surface area (Å²) in [6.45, 7) is 1.55. The lowest BCUT2D eigenvalue weighted by molar-refractivity contribution is -0.154. The maximum atomic E-state index is 13.4. The second-order valence-corrected chi connectivity index (χ2v) is 5.94. The average molecular weight is 358 g/mol. The standard InChI is InChI=1S/C15H14ClF2N3O3/c1-3-24-13(22)9-10(12(17)18)19-20-15(9)7-5-4-6-8(16)11(7)21(2)14(15)23/h4-6,9-10,12H,3H2,1-2H3. The van der Waals surface area contributed by atoms with Crippen LogP contribution in [0.25, 0.3) is 0 Å². The smallest absolute Gasteiger partial charge is 0.314 e. The van der Waals surface area contributed by atoms with Gasteiger partial charge in [-0.25, -0.2) is 8.78 Å². The highest BCUT2D eigenvalue weighted by atomic mass is 35.5. The molecule has 0 aliphatic carbocycles. The van der Waals surface area contributed by atoms with E-state index in [4.69, 9.17) is 16.3 Å². The van der Waals surface area contributed by atoms with E-state index in [-0.39, 0.29) is 17.2 Å². The van der Waals surface area contributed by atoms with Crippen molar-refractivity contribution in [1.29, 1.82) is 0 Å². The number of ether oxygens (including phenoxy) is 1. The summed E-state index contributed by atoms with van der Waals surface area (Å²) in [7, 11) is 1.45. The minimum absolute atomic E-state index is 0.00615. The number of hydrogen-bond donors (Lipinski definition) is 0. The normalized spacial score (nSPS) is 28.1. The number of fused-ring (bicyclic) bond motifs is 2. The predicted octanol–water partition coefficient (Wildman–Crippen LogP) is 2.79. The molecule has 0 radical (unpaired) electrons. The van der Waals surface area contributed by atoms with E-state index in [1.807, 2.05) is 0 Å². The van der Waals surface area contributed by atoms with Gasteiger partial charge in [0.1, 0.15) is 12.0 Å². The third-order valence-electron chi connectivity index (χ3n) is 4.30. The molecule has 0 aromatic heterocycles. The topological polar surface area (TPSA) is 71.3 Å². The van der Waals surface area contributed by atoms with Crippen LogP contribution in [-0.2, 0) is 19.9 Å². The number of carbonyl (C=O) groups is 2. The van der Waals surface area contributed by atoms with Gasteiger partial charge >= 0.3 is 5.97 Å². The lowest BCUT2D eigenvalue weighted by atomic mass is 9.77. The van der Waals surface area contributed by atoms with Crippen molar-refractivity contribution in [3.05, 3.63) is 28.8 Å². The summed E-state index contributed by atoms with van der Waals surface area (Å²) < 4.78 is 31.7. The maximum Gasteiger partial charge on any atom is 0.314 e. The van der Waals surface area contributed by atoms with Gasteiger partial charge in [0.05, 0.1) is 17.3 Å². The second-order valence-electron chi connectivity index (χ2n) is 5.54. The van der Waals surface area contributed by atoms with E-state index in [0.717, 1.165) is 0 Å². The molecule has 128 valence electrons. The summed E-state index contributed by atoms with van der Waals surface area (Å²) in [4.78, 5) is 26.5. The molecule has 1 amide bonds. The van der Waals surface area contributed by atoms with E-state index < -0.39 is 35.8 Å². The minimum atomic E-state index is -2.95. The largest absolute Gasteiger partial charge is 0.466 e. The number of rotatable bonds is 3. The van der Waals surface area contributed by atoms with Crippen LogP contribution in [0.2, 0.25) is 5.02 Å². The molecule has 0 saturated carbocycles. The van der Waals surface area contributed by atoms with Gasteiger partial charge in [-0.2, -0.15) is 10.2 Å². The van der Waals surface area contributed by atoms with Crippen LogP contribution in [0, 0.1) is 5.92 Å². The fourth-order valence-electron chi connectivity index (χ4n) is 3.31. The Morgan fingerprint density at radius 2 is 2.21 bits per heavy atom. The molecule has 2 aliphatic heterocycles. The summed E-state index contributed by atoms with van der Waals surface area (Å²) in [5, 5.41) is 7.68. The van der Waals surface area contributed by atoms with Crippen molar-refractivity contribution in [1.82, 2.24) is 0 Å². The Morgan fingerprint density at radius 3 is 2.83 bits per heavy atom. The fraction of sp³-hybridized carbons (Fsp3) is 0.467. The van der Waals surface area contributed by atoms with Crippen molar-refractivity contribution in [3.8, 4) is 0 Å². The molecule has 1 aromatic carbocycles. The summed E-state index contributed by atoms with van der Waals surface area (Å²) >= 11 is 6.15. The zero-order valence-electron chi connectivity index (χ0n) is 12.9. The first-order chi connectivity index (χ1) is 11.4. The molecule has 3 unspecified atom stereocenters. The van der Waals surface area contributed by atoms with Crippen molar-refractivity contribution < 1.29 is 23.1 Å². The third-order valence-corrected chi connectivity index (χ3v) is 4.61. The van der Waals surface area contributed by atoms with Crippen LogP contribution in [0.4, 0.5) is 14.5 Å². The molecule has 1 spiro atoms. The first-order valence-corrected chi connectivity index (χ1v) is 7.68. The number of hydrogen-bond acceptors (Lipinski definition) is 5. The molecular formula is C15H14ClF2N3O3.